The molecule has 1 saturated heterocycles. The van der Waals surface area contributed by atoms with Crippen molar-refractivity contribution in [2.75, 3.05) is 31.0 Å². The first kappa shape index (κ1) is 23.9. The maximum absolute atomic E-state index is 13.2. The minimum atomic E-state index is -0.478. The lowest BCUT2D eigenvalue weighted by atomic mass is 9.92. The average Bonchev–Trinajstić information content (AvgIpc) is 3.14. The Bertz CT molecular complexity index is 993. The molecule has 0 aromatic heterocycles. The third-order valence-electron chi connectivity index (χ3n) is 5.86. The number of para-hydroxylation sites is 1. The van der Waals surface area contributed by atoms with Gasteiger partial charge < -0.3 is 19.7 Å². The van der Waals surface area contributed by atoms with Crippen LogP contribution < -0.4 is 19.7 Å². The normalized spacial score (nSPS) is 16.1. The highest BCUT2D eigenvalue weighted by Gasteiger charge is 2.37. The van der Waals surface area contributed by atoms with Crippen LogP contribution in [0, 0.1) is 5.92 Å². The summed E-state index contributed by atoms with van der Waals surface area (Å²) in [5, 5.41) is 3.51. The summed E-state index contributed by atoms with van der Waals surface area (Å²) in [6.07, 6.45) is 0.124. The van der Waals surface area contributed by atoms with Crippen molar-refractivity contribution in [3.8, 4) is 11.5 Å². The summed E-state index contributed by atoms with van der Waals surface area (Å²) in [6, 6.07) is 9.40. The van der Waals surface area contributed by atoms with E-state index in [2.05, 4.69) is 33.0 Å². The average molecular weight is 459 g/mol. The molecule has 172 valence electrons. The van der Waals surface area contributed by atoms with Gasteiger partial charge in [0.15, 0.2) is 0 Å². The number of anilines is 2. The van der Waals surface area contributed by atoms with E-state index in [-0.39, 0.29) is 36.6 Å². The lowest BCUT2D eigenvalue weighted by Gasteiger charge is -2.22. The fraction of sp³-hybridized carbons (Fsp3) is 0.440. The Labute approximate surface area is 194 Å². The Morgan fingerprint density at radius 2 is 1.66 bits per heavy atom. The summed E-state index contributed by atoms with van der Waals surface area (Å²) in [4.78, 5) is 27.6. The number of carbonyl (C=O) groups excluding carboxylic acids is 2. The highest BCUT2D eigenvalue weighted by atomic mass is 35.5. The Hall–Kier alpha value is -2.73. The predicted molar refractivity (Wildman–Crippen MR) is 128 cm³/mol. The lowest BCUT2D eigenvalue weighted by molar-refractivity contribution is -0.122. The molecule has 1 aliphatic heterocycles. The van der Waals surface area contributed by atoms with Crippen molar-refractivity contribution in [1.29, 1.82) is 0 Å². The fourth-order valence-electron chi connectivity index (χ4n) is 4.09. The minimum absolute atomic E-state index is 0.124. The zero-order chi connectivity index (χ0) is 23.6. The largest absolute Gasteiger partial charge is 0.495 e. The first-order chi connectivity index (χ1) is 15.2. The van der Waals surface area contributed by atoms with Gasteiger partial charge in [-0.15, -0.1) is 0 Å². The lowest BCUT2D eigenvalue weighted by Crippen LogP contribution is -2.29. The van der Waals surface area contributed by atoms with Crippen molar-refractivity contribution < 1.29 is 19.1 Å². The molecule has 2 aromatic rings. The van der Waals surface area contributed by atoms with Crippen LogP contribution in [0.25, 0.3) is 0 Å². The van der Waals surface area contributed by atoms with Gasteiger partial charge in [0.2, 0.25) is 11.8 Å². The van der Waals surface area contributed by atoms with Crippen molar-refractivity contribution in [3.63, 3.8) is 0 Å². The molecule has 32 heavy (non-hydrogen) atoms. The molecule has 1 unspecified atom stereocenters. The van der Waals surface area contributed by atoms with E-state index in [1.807, 2.05) is 18.2 Å². The molecule has 0 bridgehead atoms. The van der Waals surface area contributed by atoms with E-state index >= 15 is 0 Å². The molecular formula is C25H31ClN2O4. The molecular weight excluding hydrogens is 428 g/mol. The van der Waals surface area contributed by atoms with E-state index in [0.717, 1.165) is 16.8 Å². The number of hydrogen-bond donors (Lipinski definition) is 1. The number of methoxy groups -OCH3 is 2. The Morgan fingerprint density at radius 1 is 1.06 bits per heavy atom. The van der Waals surface area contributed by atoms with Crippen molar-refractivity contribution in [2.45, 2.75) is 46.0 Å². The van der Waals surface area contributed by atoms with Gasteiger partial charge in [-0.3, -0.25) is 9.59 Å². The highest BCUT2D eigenvalue weighted by molar-refractivity contribution is 6.32. The van der Waals surface area contributed by atoms with Crippen molar-refractivity contribution in [3.05, 3.63) is 46.5 Å². The number of carbonyl (C=O) groups is 2. The van der Waals surface area contributed by atoms with Crippen LogP contribution in [-0.2, 0) is 9.59 Å². The summed E-state index contributed by atoms with van der Waals surface area (Å²) < 4.78 is 10.7. The van der Waals surface area contributed by atoms with Crippen LogP contribution in [0.1, 0.15) is 57.1 Å². The Balaban J connectivity index is 1.87. The predicted octanol–water partition coefficient (Wildman–Crippen LogP) is 5.60. The van der Waals surface area contributed by atoms with E-state index in [9.17, 15) is 9.59 Å². The molecule has 1 atom stereocenters. The fourth-order valence-corrected chi connectivity index (χ4v) is 4.33. The Kier molecular flexibility index (Phi) is 7.34. The minimum Gasteiger partial charge on any atom is -0.495 e. The molecule has 1 aliphatic rings. The molecule has 2 amide bonds. The summed E-state index contributed by atoms with van der Waals surface area (Å²) in [6.45, 7) is 8.68. The SMILES string of the molecule is COc1cc(OC)c(N2CC(C(=O)Nc3c(C(C)C)cccc3C(C)C)CC2=O)cc1Cl. The van der Waals surface area contributed by atoms with E-state index in [1.165, 1.54) is 14.2 Å². The molecule has 0 aliphatic carbocycles. The van der Waals surface area contributed by atoms with Gasteiger partial charge in [-0.2, -0.15) is 0 Å². The molecule has 0 spiro atoms. The Morgan fingerprint density at radius 3 is 2.19 bits per heavy atom. The second-order valence-electron chi connectivity index (χ2n) is 8.67. The number of hydrogen-bond acceptors (Lipinski definition) is 4. The maximum Gasteiger partial charge on any atom is 0.229 e. The second kappa shape index (κ2) is 9.82. The molecule has 1 fully saturated rings. The van der Waals surface area contributed by atoms with E-state index in [1.54, 1.807) is 17.0 Å². The number of rotatable bonds is 7. The zero-order valence-corrected chi connectivity index (χ0v) is 20.2. The van der Waals surface area contributed by atoms with Crippen molar-refractivity contribution in [2.24, 2.45) is 5.92 Å². The number of amides is 2. The van der Waals surface area contributed by atoms with Crippen LogP contribution in [-0.4, -0.2) is 32.6 Å². The number of ether oxygens (including phenoxy) is 2. The first-order valence-electron chi connectivity index (χ1n) is 10.8. The molecule has 1 N–H and O–H groups in total. The van der Waals surface area contributed by atoms with E-state index in [0.29, 0.717) is 22.2 Å². The molecule has 3 rings (SSSR count). The van der Waals surface area contributed by atoms with Gasteiger partial charge in [-0.25, -0.2) is 0 Å². The number of halogens is 1. The maximum atomic E-state index is 13.2. The molecule has 7 heteroatoms. The number of benzene rings is 2. The molecule has 0 saturated carbocycles. The van der Waals surface area contributed by atoms with Crippen molar-refractivity contribution >= 4 is 34.8 Å². The van der Waals surface area contributed by atoms with Crippen LogP contribution in [0.4, 0.5) is 11.4 Å². The quantitative estimate of drug-likeness (QED) is 0.586. The standard InChI is InChI=1S/C25H31ClN2O4/c1-14(2)17-8-7-9-18(15(3)4)24(17)27-25(30)16-10-23(29)28(13-16)20-11-19(26)21(31-5)12-22(20)32-6/h7-9,11-12,14-16H,10,13H2,1-6H3,(H,27,30). The van der Waals surface area contributed by atoms with Crippen LogP contribution in [0.15, 0.2) is 30.3 Å². The summed E-state index contributed by atoms with van der Waals surface area (Å²) in [5.41, 5.74) is 3.58. The topological polar surface area (TPSA) is 67.9 Å². The monoisotopic (exact) mass is 458 g/mol. The third kappa shape index (κ3) is 4.70. The smallest absolute Gasteiger partial charge is 0.229 e. The molecule has 1 heterocycles. The number of nitrogens with zero attached hydrogens (tertiary/aromatic N) is 1. The summed E-state index contributed by atoms with van der Waals surface area (Å²) in [7, 11) is 3.04. The van der Waals surface area contributed by atoms with Crippen LogP contribution in [0.5, 0.6) is 11.5 Å². The van der Waals surface area contributed by atoms with Gasteiger partial charge in [-0.1, -0.05) is 57.5 Å². The number of nitrogens with one attached hydrogen (secondary N) is 1. The highest BCUT2D eigenvalue weighted by Crippen LogP contribution is 2.40. The summed E-state index contributed by atoms with van der Waals surface area (Å²) in [5.74, 6) is 0.661. The van der Waals surface area contributed by atoms with Crippen molar-refractivity contribution in [1.82, 2.24) is 0 Å². The molecule has 6 nitrogen and oxygen atoms in total. The van der Waals surface area contributed by atoms with Gasteiger partial charge >= 0.3 is 0 Å². The van der Waals surface area contributed by atoms with Crippen LogP contribution >= 0.6 is 11.6 Å². The van der Waals surface area contributed by atoms with E-state index < -0.39 is 5.92 Å². The zero-order valence-electron chi connectivity index (χ0n) is 19.5. The van der Waals surface area contributed by atoms with Crippen LogP contribution in [0.2, 0.25) is 5.02 Å². The van der Waals surface area contributed by atoms with Gasteiger partial charge in [0.25, 0.3) is 0 Å². The van der Waals surface area contributed by atoms with E-state index in [4.69, 9.17) is 21.1 Å². The molecule has 0 radical (unpaired) electrons. The van der Waals surface area contributed by atoms with Gasteiger partial charge in [-0.05, 0) is 29.0 Å². The van der Waals surface area contributed by atoms with Gasteiger partial charge in [0.1, 0.15) is 11.5 Å². The summed E-state index contributed by atoms with van der Waals surface area (Å²) >= 11 is 6.29. The second-order valence-corrected chi connectivity index (χ2v) is 9.08. The van der Waals surface area contributed by atoms with Gasteiger partial charge in [0, 0.05) is 24.7 Å². The molecule has 2 aromatic carbocycles. The van der Waals surface area contributed by atoms with Crippen LogP contribution in [0.3, 0.4) is 0 Å². The van der Waals surface area contributed by atoms with Gasteiger partial charge in [0.05, 0.1) is 30.8 Å². The first-order valence-corrected chi connectivity index (χ1v) is 11.2. The third-order valence-corrected chi connectivity index (χ3v) is 6.16.